The van der Waals surface area contributed by atoms with Gasteiger partial charge in [-0.1, -0.05) is 35.9 Å². The van der Waals surface area contributed by atoms with Crippen molar-refractivity contribution in [3.05, 3.63) is 88.2 Å². The van der Waals surface area contributed by atoms with Crippen LogP contribution in [-0.2, 0) is 11.2 Å². The van der Waals surface area contributed by atoms with Crippen LogP contribution in [0.4, 0.5) is 5.69 Å². The fourth-order valence-corrected chi connectivity index (χ4v) is 4.87. The lowest BCUT2D eigenvalue weighted by Gasteiger charge is -2.36. The van der Waals surface area contributed by atoms with Gasteiger partial charge in [0, 0.05) is 48.6 Å². The van der Waals surface area contributed by atoms with Gasteiger partial charge in [0.25, 0.3) is 0 Å². The van der Waals surface area contributed by atoms with E-state index in [1.165, 1.54) is 11.1 Å². The molecule has 0 radical (unpaired) electrons. The maximum atomic E-state index is 13.4. The Bertz CT molecular complexity index is 1370. The number of aromatic nitrogens is 2. The number of pyridine rings is 1. The fraction of sp³-hybridized carbons (Fsp3) is 0.286. The predicted molar refractivity (Wildman–Crippen MR) is 139 cm³/mol. The summed E-state index contributed by atoms with van der Waals surface area (Å²) in [4.78, 5) is 22.7. The molecule has 0 aliphatic carbocycles. The van der Waals surface area contributed by atoms with Gasteiger partial charge in [-0.3, -0.25) is 4.79 Å². The van der Waals surface area contributed by atoms with Crippen molar-refractivity contribution in [2.75, 3.05) is 31.1 Å². The number of rotatable bonds is 4. The van der Waals surface area contributed by atoms with Gasteiger partial charge in [0.15, 0.2) is 0 Å². The van der Waals surface area contributed by atoms with Crippen molar-refractivity contribution >= 4 is 28.8 Å². The van der Waals surface area contributed by atoms with E-state index in [4.69, 9.17) is 16.6 Å². The highest BCUT2D eigenvalue weighted by Crippen LogP contribution is 2.28. The van der Waals surface area contributed by atoms with Crippen LogP contribution < -0.4 is 4.90 Å². The fourth-order valence-electron chi connectivity index (χ4n) is 4.68. The van der Waals surface area contributed by atoms with Crippen molar-refractivity contribution < 1.29 is 4.79 Å². The molecule has 1 aliphatic heterocycles. The zero-order chi connectivity index (χ0) is 23.8. The summed E-state index contributed by atoms with van der Waals surface area (Å²) >= 11 is 6.17. The molecular formula is C28H29ClN4O. The Labute approximate surface area is 205 Å². The number of piperazine rings is 1. The van der Waals surface area contributed by atoms with Crippen molar-refractivity contribution in [3.8, 4) is 11.3 Å². The second kappa shape index (κ2) is 9.15. The number of aryl methyl sites for hydroxylation is 3. The molecule has 0 saturated carbocycles. The Kier molecular flexibility index (Phi) is 6.05. The summed E-state index contributed by atoms with van der Waals surface area (Å²) in [7, 11) is 0. The van der Waals surface area contributed by atoms with Gasteiger partial charge < -0.3 is 14.2 Å². The molecule has 0 spiro atoms. The Morgan fingerprint density at radius 3 is 2.44 bits per heavy atom. The van der Waals surface area contributed by atoms with Crippen molar-refractivity contribution in [1.29, 1.82) is 0 Å². The number of nitrogens with zero attached hydrogens (tertiary/aromatic N) is 4. The minimum absolute atomic E-state index is 0.138. The van der Waals surface area contributed by atoms with E-state index in [0.29, 0.717) is 19.5 Å². The molecule has 6 heteroatoms. The number of hydrogen-bond donors (Lipinski definition) is 0. The van der Waals surface area contributed by atoms with Gasteiger partial charge in [-0.2, -0.15) is 0 Å². The lowest BCUT2D eigenvalue weighted by atomic mass is 10.0. The third-order valence-corrected chi connectivity index (χ3v) is 7.08. The maximum Gasteiger partial charge on any atom is 0.228 e. The molecular weight excluding hydrogens is 444 g/mol. The van der Waals surface area contributed by atoms with E-state index in [1.807, 2.05) is 35.4 Å². The van der Waals surface area contributed by atoms with Crippen LogP contribution in [-0.4, -0.2) is 46.4 Å². The van der Waals surface area contributed by atoms with Gasteiger partial charge >= 0.3 is 0 Å². The second-order valence-electron chi connectivity index (χ2n) is 9.12. The Hall–Kier alpha value is -3.31. The Morgan fingerprint density at radius 2 is 1.71 bits per heavy atom. The van der Waals surface area contributed by atoms with Crippen molar-refractivity contribution in [2.24, 2.45) is 0 Å². The van der Waals surface area contributed by atoms with E-state index in [0.717, 1.165) is 52.0 Å². The average molecular weight is 473 g/mol. The van der Waals surface area contributed by atoms with Crippen LogP contribution in [0.3, 0.4) is 0 Å². The smallest absolute Gasteiger partial charge is 0.228 e. The molecule has 0 unspecified atom stereocenters. The molecule has 0 bridgehead atoms. The van der Waals surface area contributed by atoms with Crippen LogP contribution >= 0.6 is 11.6 Å². The highest BCUT2D eigenvalue weighted by molar-refractivity contribution is 6.30. The lowest BCUT2D eigenvalue weighted by molar-refractivity contribution is -0.130. The first-order valence-electron chi connectivity index (χ1n) is 11.7. The molecule has 1 fully saturated rings. The van der Waals surface area contributed by atoms with Crippen LogP contribution in [0.5, 0.6) is 0 Å². The number of hydrogen-bond acceptors (Lipinski definition) is 3. The minimum atomic E-state index is 0.138. The van der Waals surface area contributed by atoms with Crippen LogP contribution in [0, 0.1) is 20.8 Å². The average Bonchev–Trinajstić information content (AvgIpc) is 3.20. The number of anilines is 1. The van der Waals surface area contributed by atoms with Crippen molar-refractivity contribution in [2.45, 2.75) is 27.2 Å². The normalized spacial score (nSPS) is 14.1. The summed E-state index contributed by atoms with van der Waals surface area (Å²) in [6.07, 6.45) is 2.34. The minimum Gasteiger partial charge on any atom is -0.368 e. The molecule has 2 aromatic heterocycles. The van der Waals surface area contributed by atoms with Gasteiger partial charge in [-0.25, -0.2) is 4.98 Å². The van der Waals surface area contributed by atoms with Crippen LogP contribution in [0.1, 0.15) is 22.4 Å². The zero-order valence-electron chi connectivity index (χ0n) is 19.9. The van der Waals surface area contributed by atoms with Crippen LogP contribution in [0.25, 0.3) is 16.9 Å². The molecule has 3 heterocycles. The van der Waals surface area contributed by atoms with Gasteiger partial charge in [0.2, 0.25) is 5.91 Å². The molecule has 5 nitrogen and oxygen atoms in total. The molecule has 2 aromatic carbocycles. The molecule has 34 heavy (non-hydrogen) atoms. The van der Waals surface area contributed by atoms with Gasteiger partial charge in [0.05, 0.1) is 17.8 Å². The van der Waals surface area contributed by atoms with E-state index < -0.39 is 0 Å². The molecule has 0 atom stereocenters. The van der Waals surface area contributed by atoms with Crippen molar-refractivity contribution in [1.82, 2.24) is 14.3 Å². The van der Waals surface area contributed by atoms with Gasteiger partial charge in [-0.15, -0.1) is 0 Å². The standard InChI is InChI=1S/C28H29ClN4O/c1-19-9-10-22(16-21(19)3)27-25(33-11-5-6-20(2)28(33)30-27)18-26(34)32-14-12-31(13-15-32)24-8-4-7-23(29)17-24/h4-11,16-17H,12-15,18H2,1-3H3. The number of benzene rings is 2. The van der Waals surface area contributed by atoms with Gasteiger partial charge in [0.1, 0.15) is 5.65 Å². The molecule has 1 aliphatic rings. The SMILES string of the molecule is Cc1ccc(-c2nc3c(C)cccn3c2CC(=O)N2CCN(c3cccc(Cl)c3)CC2)cc1C. The summed E-state index contributed by atoms with van der Waals surface area (Å²) in [5.74, 6) is 0.138. The predicted octanol–water partition coefficient (Wildman–Crippen LogP) is 5.47. The van der Waals surface area contributed by atoms with E-state index in [9.17, 15) is 4.79 Å². The Balaban J connectivity index is 1.40. The van der Waals surface area contributed by atoms with E-state index >= 15 is 0 Å². The molecule has 174 valence electrons. The highest BCUT2D eigenvalue weighted by atomic mass is 35.5. The largest absolute Gasteiger partial charge is 0.368 e. The van der Waals surface area contributed by atoms with Gasteiger partial charge in [-0.05, 0) is 67.8 Å². The summed E-state index contributed by atoms with van der Waals surface area (Å²) in [6, 6.07) is 18.4. The molecule has 1 amide bonds. The topological polar surface area (TPSA) is 40.9 Å². The zero-order valence-corrected chi connectivity index (χ0v) is 20.6. The van der Waals surface area contributed by atoms with Crippen LogP contribution in [0.2, 0.25) is 5.02 Å². The lowest BCUT2D eigenvalue weighted by Crippen LogP contribution is -2.49. The van der Waals surface area contributed by atoms with Crippen LogP contribution in [0.15, 0.2) is 60.8 Å². The summed E-state index contributed by atoms with van der Waals surface area (Å²) < 4.78 is 2.08. The molecule has 4 aromatic rings. The third kappa shape index (κ3) is 4.28. The Morgan fingerprint density at radius 1 is 0.912 bits per heavy atom. The molecule has 0 N–H and O–H groups in total. The number of amides is 1. The summed E-state index contributed by atoms with van der Waals surface area (Å²) in [5.41, 5.74) is 8.48. The number of fused-ring (bicyclic) bond motifs is 1. The number of imidazole rings is 1. The molecule has 1 saturated heterocycles. The molecule has 5 rings (SSSR count). The third-order valence-electron chi connectivity index (χ3n) is 6.85. The quantitative estimate of drug-likeness (QED) is 0.395. The monoisotopic (exact) mass is 472 g/mol. The number of halogens is 1. The summed E-state index contributed by atoms with van der Waals surface area (Å²) in [5, 5.41) is 0.734. The number of carbonyl (C=O) groups excluding carboxylic acids is 1. The highest BCUT2D eigenvalue weighted by Gasteiger charge is 2.25. The second-order valence-corrected chi connectivity index (χ2v) is 9.55. The first-order valence-corrected chi connectivity index (χ1v) is 12.1. The first kappa shape index (κ1) is 22.5. The maximum absolute atomic E-state index is 13.4. The van der Waals surface area contributed by atoms with E-state index in [2.05, 4.69) is 60.4 Å². The van der Waals surface area contributed by atoms with E-state index in [-0.39, 0.29) is 5.91 Å². The van der Waals surface area contributed by atoms with E-state index in [1.54, 1.807) is 0 Å². The first-order chi connectivity index (χ1) is 16.4. The van der Waals surface area contributed by atoms with Crippen molar-refractivity contribution in [3.63, 3.8) is 0 Å². The summed E-state index contributed by atoms with van der Waals surface area (Å²) in [6.45, 7) is 9.27. The number of carbonyl (C=O) groups is 1.